The van der Waals surface area contributed by atoms with Gasteiger partial charge in [0, 0.05) is 13.1 Å². The fourth-order valence-corrected chi connectivity index (χ4v) is 3.58. The van der Waals surface area contributed by atoms with E-state index in [4.69, 9.17) is 5.73 Å². The van der Waals surface area contributed by atoms with Crippen LogP contribution in [0.4, 0.5) is 11.5 Å². The van der Waals surface area contributed by atoms with E-state index in [0.717, 1.165) is 38.8 Å². The summed E-state index contributed by atoms with van der Waals surface area (Å²) in [5.74, 6) is -0.0870. The first kappa shape index (κ1) is 21.2. The Morgan fingerprint density at radius 1 is 1.11 bits per heavy atom. The van der Waals surface area contributed by atoms with Crippen LogP contribution in [0.2, 0.25) is 0 Å². The predicted molar refractivity (Wildman–Crippen MR) is 108 cm³/mol. The zero-order valence-corrected chi connectivity index (χ0v) is 16.6. The summed E-state index contributed by atoms with van der Waals surface area (Å²) in [6, 6.07) is 0. The molecule has 8 nitrogen and oxygen atoms in total. The fourth-order valence-electron chi connectivity index (χ4n) is 3.58. The Morgan fingerprint density at radius 3 is 2.33 bits per heavy atom. The summed E-state index contributed by atoms with van der Waals surface area (Å²) >= 11 is 0. The molecule has 1 aliphatic heterocycles. The average Bonchev–Trinajstić information content (AvgIpc) is 2.60. The van der Waals surface area contributed by atoms with E-state index in [2.05, 4.69) is 9.88 Å². The van der Waals surface area contributed by atoms with Gasteiger partial charge in [-0.2, -0.15) is 0 Å². The van der Waals surface area contributed by atoms with Gasteiger partial charge >= 0.3 is 5.69 Å². The largest absolute Gasteiger partial charge is 0.383 e. The highest BCUT2D eigenvalue weighted by Crippen LogP contribution is 2.18. The lowest BCUT2D eigenvalue weighted by Gasteiger charge is -2.28. The van der Waals surface area contributed by atoms with Gasteiger partial charge in [-0.25, -0.2) is 4.79 Å². The van der Waals surface area contributed by atoms with Crippen molar-refractivity contribution < 1.29 is 4.79 Å². The van der Waals surface area contributed by atoms with Crippen LogP contribution in [0, 0.1) is 0 Å². The highest BCUT2D eigenvalue weighted by molar-refractivity contribution is 5.96. The fraction of sp³-hybridized carbons (Fsp3) is 0.737. The molecule has 0 unspecified atom stereocenters. The van der Waals surface area contributed by atoms with Gasteiger partial charge in [0.05, 0.1) is 6.54 Å². The van der Waals surface area contributed by atoms with Gasteiger partial charge in [-0.15, -0.1) is 0 Å². The van der Waals surface area contributed by atoms with Crippen LogP contribution in [-0.4, -0.2) is 46.5 Å². The first-order chi connectivity index (χ1) is 13.0. The van der Waals surface area contributed by atoms with Crippen LogP contribution in [0.25, 0.3) is 0 Å². The molecule has 1 aromatic heterocycles. The molecule has 0 radical (unpaired) electrons. The highest BCUT2D eigenvalue weighted by Gasteiger charge is 2.24. The lowest BCUT2D eigenvalue weighted by Crippen LogP contribution is -2.45. The molecular weight excluding hydrogens is 346 g/mol. The quantitative estimate of drug-likeness (QED) is 0.748. The number of aromatic nitrogens is 2. The van der Waals surface area contributed by atoms with Crippen LogP contribution in [0.1, 0.15) is 58.8 Å². The Labute approximate surface area is 160 Å². The first-order valence-corrected chi connectivity index (χ1v) is 10.1. The van der Waals surface area contributed by atoms with Gasteiger partial charge in [0.15, 0.2) is 5.69 Å². The van der Waals surface area contributed by atoms with E-state index < -0.39 is 11.2 Å². The maximum atomic E-state index is 12.9. The first-order valence-electron chi connectivity index (χ1n) is 10.1. The molecule has 2 heterocycles. The Hall–Kier alpha value is -2.09. The van der Waals surface area contributed by atoms with Crippen molar-refractivity contribution in [2.75, 3.05) is 36.8 Å². The summed E-state index contributed by atoms with van der Waals surface area (Å²) in [6.07, 6.45) is 7.48. The van der Waals surface area contributed by atoms with Gasteiger partial charge in [0.1, 0.15) is 5.82 Å². The minimum atomic E-state index is -0.604. The second-order valence-corrected chi connectivity index (χ2v) is 7.18. The summed E-state index contributed by atoms with van der Waals surface area (Å²) in [5.41, 5.74) is 5.11. The number of carbonyl (C=O) groups excluding carboxylic acids is 1. The molecule has 8 heteroatoms. The third kappa shape index (κ3) is 5.45. The normalized spacial score (nSPS) is 15.9. The van der Waals surface area contributed by atoms with E-state index in [1.54, 1.807) is 0 Å². The van der Waals surface area contributed by atoms with Crippen LogP contribution in [-0.2, 0) is 11.3 Å². The SMILES string of the molecule is CCCCn1c(N)c(N(CC)C(=O)CN2CCCCCCC2)c(=O)[nH]c1=O. The summed E-state index contributed by atoms with van der Waals surface area (Å²) in [6.45, 7) is 6.62. The lowest BCUT2D eigenvalue weighted by atomic mass is 10.1. The lowest BCUT2D eigenvalue weighted by molar-refractivity contribution is -0.119. The minimum absolute atomic E-state index is 0.0695. The van der Waals surface area contributed by atoms with Crippen LogP contribution in [0.15, 0.2) is 9.59 Å². The van der Waals surface area contributed by atoms with Crippen molar-refractivity contribution in [2.45, 2.75) is 65.3 Å². The number of nitrogens with one attached hydrogen (secondary N) is 1. The van der Waals surface area contributed by atoms with Gasteiger partial charge < -0.3 is 10.6 Å². The average molecular weight is 380 g/mol. The molecule has 1 aliphatic rings. The number of likely N-dealkylation sites (N-methyl/N-ethyl adjacent to an activating group) is 1. The van der Waals surface area contributed by atoms with Crippen LogP contribution < -0.4 is 21.9 Å². The van der Waals surface area contributed by atoms with Crippen LogP contribution in [0.5, 0.6) is 0 Å². The molecule has 0 atom stereocenters. The van der Waals surface area contributed by atoms with Crippen LogP contribution >= 0.6 is 0 Å². The molecule has 0 aromatic carbocycles. The number of nitrogens with two attached hydrogens (primary N) is 1. The summed E-state index contributed by atoms with van der Waals surface area (Å²) < 4.78 is 1.35. The number of hydrogen-bond donors (Lipinski definition) is 2. The van der Waals surface area contributed by atoms with Gasteiger partial charge in [0.25, 0.3) is 5.56 Å². The number of likely N-dealkylation sites (tertiary alicyclic amines) is 1. The molecule has 1 amide bonds. The molecule has 0 spiro atoms. The van der Waals surface area contributed by atoms with Crippen molar-refractivity contribution >= 4 is 17.4 Å². The Kier molecular flexibility index (Phi) is 8.09. The monoisotopic (exact) mass is 379 g/mol. The van der Waals surface area contributed by atoms with Gasteiger partial charge in [0.2, 0.25) is 5.91 Å². The van der Waals surface area contributed by atoms with Crippen molar-refractivity contribution in [1.82, 2.24) is 14.5 Å². The second kappa shape index (κ2) is 10.3. The van der Waals surface area contributed by atoms with Gasteiger partial charge in [-0.3, -0.25) is 24.0 Å². The second-order valence-electron chi connectivity index (χ2n) is 7.18. The minimum Gasteiger partial charge on any atom is -0.383 e. The van der Waals surface area contributed by atoms with E-state index in [1.807, 2.05) is 13.8 Å². The third-order valence-corrected chi connectivity index (χ3v) is 5.14. The molecule has 0 aliphatic carbocycles. The summed E-state index contributed by atoms with van der Waals surface area (Å²) in [4.78, 5) is 43.4. The van der Waals surface area contributed by atoms with Crippen LogP contribution in [0.3, 0.4) is 0 Å². The Bertz CT molecular complexity index is 732. The summed E-state index contributed by atoms with van der Waals surface area (Å²) in [5, 5.41) is 0. The Morgan fingerprint density at radius 2 is 1.74 bits per heavy atom. The number of anilines is 2. The Balaban J connectivity index is 2.26. The van der Waals surface area contributed by atoms with Crippen molar-refractivity contribution in [3.05, 3.63) is 20.8 Å². The van der Waals surface area contributed by atoms with E-state index in [9.17, 15) is 14.4 Å². The van der Waals surface area contributed by atoms with Crippen molar-refractivity contribution in [3.63, 3.8) is 0 Å². The number of hydrogen-bond acceptors (Lipinski definition) is 5. The molecule has 0 saturated carbocycles. The number of H-pyrrole nitrogens is 1. The van der Waals surface area contributed by atoms with Gasteiger partial charge in [-0.05, 0) is 39.3 Å². The topological polar surface area (TPSA) is 104 Å². The zero-order chi connectivity index (χ0) is 19.8. The van der Waals surface area contributed by atoms with Crippen molar-refractivity contribution in [1.29, 1.82) is 0 Å². The smallest absolute Gasteiger partial charge is 0.330 e. The number of carbonyl (C=O) groups is 1. The molecular formula is C19H33N5O3. The number of rotatable bonds is 7. The summed E-state index contributed by atoms with van der Waals surface area (Å²) in [7, 11) is 0. The van der Waals surface area contributed by atoms with Gasteiger partial charge in [-0.1, -0.05) is 32.6 Å². The molecule has 27 heavy (non-hydrogen) atoms. The zero-order valence-electron chi connectivity index (χ0n) is 16.6. The molecule has 0 bridgehead atoms. The van der Waals surface area contributed by atoms with E-state index >= 15 is 0 Å². The molecule has 1 saturated heterocycles. The maximum Gasteiger partial charge on any atom is 0.330 e. The number of nitrogen functional groups attached to an aromatic ring is 1. The number of unbranched alkanes of at least 4 members (excludes halogenated alkanes) is 1. The third-order valence-electron chi connectivity index (χ3n) is 5.14. The molecule has 1 aromatic rings. The van der Waals surface area contributed by atoms with E-state index in [1.165, 1.54) is 28.7 Å². The molecule has 2 rings (SSSR count). The predicted octanol–water partition coefficient (Wildman–Crippen LogP) is 1.54. The maximum absolute atomic E-state index is 12.9. The number of aromatic amines is 1. The van der Waals surface area contributed by atoms with Crippen molar-refractivity contribution in [2.24, 2.45) is 0 Å². The highest BCUT2D eigenvalue weighted by atomic mass is 16.2. The number of amides is 1. The molecule has 152 valence electrons. The van der Waals surface area contributed by atoms with E-state index in [-0.39, 0.29) is 24.0 Å². The standard InChI is InChI=1S/C19H33N5O3/c1-3-5-13-24-17(20)16(18(26)21-19(24)27)23(4-2)15(25)14-22-11-9-7-6-8-10-12-22/h3-14,20H2,1-2H3,(H,21,26,27). The van der Waals surface area contributed by atoms with E-state index in [0.29, 0.717) is 13.1 Å². The molecule has 1 fully saturated rings. The number of nitrogens with zero attached hydrogens (tertiary/aromatic N) is 3. The molecule has 3 N–H and O–H groups in total. The van der Waals surface area contributed by atoms with Crippen molar-refractivity contribution in [3.8, 4) is 0 Å².